The first-order valence-electron chi connectivity index (χ1n) is 8.71. The van der Waals surface area contributed by atoms with E-state index in [4.69, 9.17) is 5.84 Å². The summed E-state index contributed by atoms with van der Waals surface area (Å²) in [5, 5.41) is 11.4. The molecular weight excluding hydrogens is 392 g/mol. The SMILES string of the molecule is Nn1c(SCC(=O)Nc2ccccc2SC(F)F)nnc1C1CCCCC1. The van der Waals surface area contributed by atoms with Crippen molar-refractivity contribution in [1.82, 2.24) is 14.9 Å². The lowest BCUT2D eigenvalue weighted by Gasteiger charge is -2.20. The number of amides is 1. The Hall–Kier alpha value is -1.81. The van der Waals surface area contributed by atoms with Crippen molar-refractivity contribution in [3.05, 3.63) is 30.1 Å². The van der Waals surface area contributed by atoms with E-state index in [2.05, 4.69) is 15.5 Å². The molecule has 3 N–H and O–H groups in total. The van der Waals surface area contributed by atoms with E-state index in [1.807, 2.05) is 0 Å². The largest absolute Gasteiger partial charge is 0.336 e. The lowest BCUT2D eigenvalue weighted by atomic mass is 9.89. The molecule has 0 unspecified atom stereocenters. The van der Waals surface area contributed by atoms with E-state index in [9.17, 15) is 13.6 Å². The van der Waals surface area contributed by atoms with Gasteiger partial charge in [0.1, 0.15) is 0 Å². The number of hydrogen-bond donors (Lipinski definition) is 2. The molecule has 1 aromatic carbocycles. The molecule has 6 nitrogen and oxygen atoms in total. The summed E-state index contributed by atoms with van der Waals surface area (Å²) in [5.41, 5.74) is 0.366. The van der Waals surface area contributed by atoms with Crippen LogP contribution in [0, 0.1) is 0 Å². The molecule has 0 aliphatic heterocycles. The summed E-state index contributed by atoms with van der Waals surface area (Å²) in [7, 11) is 0. The van der Waals surface area contributed by atoms with Crippen LogP contribution in [0.4, 0.5) is 14.5 Å². The van der Waals surface area contributed by atoms with E-state index in [0.29, 0.717) is 33.4 Å². The van der Waals surface area contributed by atoms with E-state index < -0.39 is 5.76 Å². The van der Waals surface area contributed by atoms with Crippen LogP contribution >= 0.6 is 23.5 Å². The third-order valence-corrected chi connectivity index (χ3v) is 6.10. The monoisotopic (exact) mass is 413 g/mol. The van der Waals surface area contributed by atoms with E-state index in [-0.39, 0.29) is 11.7 Å². The summed E-state index contributed by atoms with van der Waals surface area (Å²) in [6, 6.07) is 6.48. The van der Waals surface area contributed by atoms with Crippen molar-refractivity contribution in [2.45, 2.75) is 53.8 Å². The number of para-hydroxylation sites is 1. The van der Waals surface area contributed by atoms with E-state index >= 15 is 0 Å². The Morgan fingerprint density at radius 2 is 2.00 bits per heavy atom. The molecule has 1 aromatic heterocycles. The molecule has 1 saturated carbocycles. The maximum atomic E-state index is 12.6. The summed E-state index contributed by atoms with van der Waals surface area (Å²) in [6.07, 6.45) is 5.68. The Bertz CT molecular complexity index is 780. The molecule has 0 spiro atoms. The fraction of sp³-hybridized carbons (Fsp3) is 0.471. The number of thioether (sulfide) groups is 2. The summed E-state index contributed by atoms with van der Waals surface area (Å²) in [4.78, 5) is 12.5. The quantitative estimate of drug-likeness (QED) is 0.525. The average Bonchev–Trinajstić information content (AvgIpc) is 3.02. The van der Waals surface area contributed by atoms with Gasteiger partial charge in [0, 0.05) is 10.8 Å². The zero-order valence-corrected chi connectivity index (χ0v) is 16.2. The standard InChI is InChI=1S/C17H21F2N5OS2/c18-16(19)27-13-9-5-4-8-12(13)21-14(25)10-26-17-23-22-15(24(17)20)11-6-2-1-3-7-11/h4-5,8-9,11,16H,1-3,6-7,10,20H2,(H,21,25). The van der Waals surface area contributed by atoms with Crippen LogP contribution in [0.25, 0.3) is 0 Å². The van der Waals surface area contributed by atoms with Crippen molar-refractivity contribution in [3.8, 4) is 0 Å². The molecule has 1 heterocycles. The van der Waals surface area contributed by atoms with Crippen molar-refractivity contribution >= 4 is 35.1 Å². The maximum absolute atomic E-state index is 12.6. The molecule has 0 radical (unpaired) electrons. The van der Waals surface area contributed by atoms with Gasteiger partial charge in [-0.3, -0.25) is 4.79 Å². The normalized spacial score (nSPS) is 15.2. The van der Waals surface area contributed by atoms with Crippen molar-refractivity contribution in [3.63, 3.8) is 0 Å². The average molecular weight is 414 g/mol. The minimum atomic E-state index is -2.55. The second kappa shape index (κ2) is 9.41. The molecule has 1 aliphatic rings. The molecule has 146 valence electrons. The highest BCUT2D eigenvalue weighted by atomic mass is 32.2. The van der Waals surface area contributed by atoms with Gasteiger partial charge in [0.25, 0.3) is 5.76 Å². The molecule has 2 aromatic rings. The second-order valence-electron chi connectivity index (χ2n) is 6.26. The van der Waals surface area contributed by atoms with Crippen LogP contribution in [0.1, 0.15) is 43.8 Å². The minimum Gasteiger partial charge on any atom is -0.336 e. The predicted octanol–water partition coefficient (Wildman–Crippen LogP) is 4.09. The van der Waals surface area contributed by atoms with Gasteiger partial charge in [-0.25, -0.2) is 4.68 Å². The zero-order chi connectivity index (χ0) is 19.2. The topological polar surface area (TPSA) is 85.8 Å². The fourth-order valence-electron chi connectivity index (χ4n) is 3.11. The van der Waals surface area contributed by atoms with Gasteiger partial charge in [0.2, 0.25) is 11.1 Å². The predicted molar refractivity (Wildman–Crippen MR) is 104 cm³/mol. The van der Waals surface area contributed by atoms with Crippen LogP contribution < -0.4 is 11.2 Å². The first-order valence-corrected chi connectivity index (χ1v) is 10.6. The number of nitrogen functional groups attached to an aromatic ring is 1. The van der Waals surface area contributed by atoms with Gasteiger partial charge in [-0.05, 0) is 25.0 Å². The number of hydrogen-bond acceptors (Lipinski definition) is 6. The van der Waals surface area contributed by atoms with E-state index in [1.165, 1.54) is 35.7 Å². The van der Waals surface area contributed by atoms with Crippen LogP contribution in [-0.2, 0) is 4.79 Å². The summed E-state index contributed by atoms with van der Waals surface area (Å²) >= 11 is 1.58. The molecule has 10 heteroatoms. The van der Waals surface area contributed by atoms with Crippen molar-refractivity contribution < 1.29 is 13.6 Å². The van der Waals surface area contributed by atoms with Crippen LogP contribution in [0.5, 0.6) is 0 Å². The summed E-state index contributed by atoms with van der Waals surface area (Å²) in [5.74, 6) is 4.38. The number of rotatable bonds is 7. The second-order valence-corrected chi connectivity index (χ2v) is 8.23. The van der Waals surface area contributed by atoms with Crippen molar-refractivity contribution in [2.75, 3.05) is 16.9 Å². The minimum absolute atomic E-state index is 0.0632. The number of anilines is 1. The van der Waals surface area contributed by atoms with E-state index in [0.717, 1.165) is 18.7 Å². The fourth-order valence-corrected chi connectivity index (χ4v) is 4.37. The number of nitrogens with one attached hydrogen (secondary N) is 1. The Kier molecular flexibility index (Phi) is 6.95. The first kappa shape index (κ1) is 19.9. The highest BCUT2D eigenvalue weighted by molar-refractivity contribution is 8.00. The number of nitrogens with zero attached hydrogens (tertiary/aromatic N) is 3. The highest BCUT2D eigenvalue weighted by Gasteiger charge is 2.23. The molecular formula is C17H21F2N5OS2. The van der Waals surface area contributed by atoms with Gasteiger partial charge in [-0.1, -0.05) is 54.9 Å². The van der Waals surface area contributed by atoms with Crippen LogP contribution in [0.15, 0.2) is 34.3 Å². The third-order valence-electron chi connectivity index (χ3n) is 4.37. The van der Waals surface area contributed by atoms with Crippen molar-refractivity contribution in [2.24, 2.45) is 0 Å². The van der Waals surface area contributed by atoms with Gasteiger partial charge >= 0.3 is 0 Å². The molecule has 3 rings (SSSR count). The number of carbonyl (C=O) groups is 1. The smallest absolute Gasteiger partial charge is 0.288 e. The number of benzene rings is 1. The lowest BCUT2D eigenvalue weighted by molar-refractivity contribution is -0.113. The molecule has 1 amide bonds. The number of carbonyl (C=O) groups excluding carboxylic acids is 1. The Morgan fingerprint density at radius 3 is 2.74 bits per heavy atom. The molecule has 0 atom stereocenters. The van der Waals surface area contributed by atoms with Crippen LogP contribution in [0.3, 0.4) is 0 Å². The van der Waals surface area contributed by atoms with Crippen LogP contribution in [-0.4, -0.2) is 32.3 Å². The maximum Gasteiger partial charge on any atom is 0.288 e. The van der Waals surface area contributed by atoms with Gasteiger partial charge in [0.15, 0.2) is 5.82 Å². The molecule has 1 fully saturated rings. The van der Waals surface area contributed by atoms with Gasteiger partial charge < -0.3 is 11.2 Å². The van der Waals surface area contributed by atoms with E-state index in [1.54, 1.807) is 24.3 Å². The zero-order valence-electron chi connectivity index (χ0n) is 14.6. The number of halogens is 2. The Morgan fingerprint density at radius 1 is 1.26 bits per heavy atom. The van der Waals surface area contributed by atoms with Crippen LogP contribution in [0.2, 0.25) is 0 Å². The molecule has 1 aliphatic carbocycles. The highest BCUT2D eigenvalue weighted by Crippen LogP contribution is 2.33. The Balaban J connectivity index is 1.58. The van der Waals surface area contributed by atoms with Gasteiger partial charge in [-0.2, -0.15) is 8.78 Å². The summed E-state index contributed by atoms with van der Waals surface area (Å²) in [6.45, 7) is 0. The lowest BCUT2D eigenvalue weighted by Crippen LogP contribution is -2.20. The number of aromatic nitrogens is 3. The number of alkyl halides is 2. The first-order chi connectivity index (χ1) is 13.0. The van der Waals surface area contributed by atoms with Crippen molar-refractivity contribution in [1.29, 1.82) is 0 Å². The molecule has 27 heavy (non-hydrogen) atoms. The Labute approximate surface area is 164 Å². The molecule has 0 saturated heterocycles. The number of nitrogens with two attached hydrogens (primary N) is 1. The third kappa shape index (κ3) is 5.35. The van der Waals surface area contributed by atoms with Gasteiger partial charge in [-0.15, -0.1) is 10.2 Å². The van der Waals surface area contributed by atoms with Gasteiger partial charge in [0.05, 0.1) is 11.4 Å². The molecule has 0 bridgehead atoms. The summed E-state index contributed by atoms with van der Waals surface area (Å²) < 4.78 is 26.7.